The number of benzene rings is 3. The number of carbonyl (C=O) groups is 1. The Bertz CT molecular complexity index is 1140. The zero-order valence-electron chi connectivity index (χ0n) is 16.8. The summed E-state index contributed by atoms with van der Waals surface area (Å²) in [5.41, 5.74) is 5.16. The highest BCUT2D eigenvalue weighted by Gasteiger charge is 2.08. The van der Waals surface area contributed by atoms with E-state index < -0.39 is 0 Å². The van der Waals surface area contributed by atoms with Crippen molar-refractivity contribution >= 4 is 11.6 Å². The molecule has 5 nitrogen and oxygen atoms in total. The Morgan fingerprint density at radius 2 is 1.37 bits per heavy atom. The van der Waals surface area contributed by atoms with Crippen LogP contribution in [-0.4, -0.2) is 15.9 Å². The van der Waals surface area contributed by atoms with E-state index in [0.717, 1.165) is 22.5 Å². The molecule has 0 fully saturated rings. The van der Waals surface area contributed by atoms with E-state index in [9.17, 15) is 4.79 Å². The number of ether oxygens (including phenoxy) is 1. The highest BCUT2D eigenvalue weighted by Crippen LogP contribution is 2.22. The predicted octanol–water partition coefficient (Wildman–Crippen LogP) is 5.81. The van der Waals surface area contributed by atoms with Crippen LogP contribution in [0.3, 0.4) is 0 Å². The van der Waals surface area contributed by atoms with Gasteiger partial charge in [0.05, 0.1) is 0 Å². The Balaban J connectivity index is 1.41. The number of nitrogens with zero attached hydrogens (tertiary/aromatic N) is 2. The first kappa shape index (κ1) is 19.3. The number of aryl methyl sites for hydroxylation is 2. The maximum atomic E-state index is 12.6. The van der Waals surface area contributed by atoms with Crippen molar-refractivity contribution in [1.82, 2.24) is 9.97 Å². The second-order valence-corrected chi connectivity index (χ2v) is 6.96. The Morgan fingerprint density at radius 1 is 0.767 bits per heavy atom. The molecule has 1 aromatic heterocycles. The van der Waals surface area contributed by atoms with Crippen LogP contribution in [0.1, 0.15) is 21.7 Å². The molecule has 148 valence electrons. The summed E-state index contributed by atoms with van der Waals surface area (Å²) in [5, 5.41) is 2.90. The van der Waals surface area contributed by atoms with Crippen LogP contribution in [0.15, 0.2) is 84.9 Å². The van der Waals surface area contributed by atoms with E-state index >= 15 is 0 Å². The van der Waals surface area contributed by atoms with E-state index in [4.69, 9.17) is 4.74 Å². The average molecular weight is 395 g/mol. The second-order valence-electron chi connectivity index (χ2n) is 6.96. The summed E-state index contributed by atoms with van der Waals surface area (Å²) in [6, 6.07) is 26.9. The van der Waals surface area contributed by atoms with Gasteiger partial charge in [-0.15, -0.1) is 0 Å². The summed E-state index contributed by atoms with van der Waals surface area (Å²) in [6.45, 7) is 3.79. The van der Waals surface area contributed by atoms with E-state index in [2.05, 4.69) is 15.3 Å². The van der Waals surface area contributed by atoms with Gasteiger partial charge < -0.3 is 10.1 Å². The molecule has 5 heteroatoms. The number of hydrogen-bond acceptors (Lipinski definition) is 4. The van der Waals surface area contributed by atoms with Gasteiger partial charge in [0.2, 0.25) is 0 Å². The molecule has 1 heterocycles. The van der Waals surface area contributed by atoms with Crippen LogP contribution < -0.4 is 10.1 Å². The first-order valence-corrected chi connectivity index (χ1v) is 9.64. The molecule has 0 unspecified atom stereocenters. The third-order valence-corrected chi connectivity index (χ3v) is 4.54. The summed E-state index contributed by atoms with van der Waals surface area (Å²) in [4.78, 5) is 21.1. The largest absolute Gasteiger partial charge is 0.424 e. The summed E-state index contributed by atoms with van der Waals surface area (Å²) in [6.07, 6.45) is 0. The molecule has 0 bridgehead atoms. The average Bonchev–Trinajstić information content (AvgIpc) is 2.75. The maximum Gasteiger partial charge on any atom is 0.322 e. The van der Waals surface area contributed by atoms with E-state index in [-0.39, 0.29) is 5.91 Å². The Labute approximate surface area is 175 Å². The highest BCUT2D eigenvalue weighted by molar-refractivity contribution is 6.04. The van der Waals surface area contributed by atoms with Crippen LogP contribution >= 0.6 is 0 Å². The lowest BCUT2D eigenvalue weighted by atomic mass is 10.0. The van der Waals surface area contributed by atoms with Gasteiger partial charge in [0.1, 0.15) is 5.75 Å². The zero-order chi connectivity index (χ0) is 20.9. The van der Waals surface area contributed by atoms with Gasteiger partial charge in [-0.1, -0.05) is 42.5 Å². The number of carbonyl (C=O) groups excluding carboxylic acids is 1. The summed E-state index contributed by atoms with van der Waals surface area (Å²) < 4.78 is 5.70. The van der Waals surface area contributed by atoms with Crippen molar-refractivity contribution < 1.29 is 9.53 Å². The number of nitrogens with one attached hydrogen (secondary N) is 1. The van der Waals surface area contributed by atoms with E-state index in [1.807, 2.05) is 74.5 Å². The molecular weight excluding hydrogens is 374 g/mol. The lowest BCUT2D eigenvalue weighted by molar-refractivity contribution is 0.102. The first-order chi connectivity index (χ1) is 14.6. The SMILES string of the molecule is Cc1cc(C)nc(Oc2ccc(NC(=O)c3ccc(-c4ccccc4)cc3)cc2)n1. The normalized spacial score (nSPS) is 10.5. The second kappa shape index (κ2) is 8.57. The Morgan fingerprint density at radius 3 is 2.00 bits per heavy atom. The predicted molar refractivity (Wildman–Crippen MR) is 118 cm³/mol. The van der Waals surface area contributed by atoms with Gasteiger partial charge in [0.25, 0.3) is 5.91 Å². The quantitative estimate of drug-likeness (QED) is 0.463. The molecule has 3 aromatic carbocycles. The molecule has 0 aliphatic carbocycles. The Kier molecular flexibility index (Phi) is 5.52. The molecule has 0 radical (unpaired) electrons. The number of anilines is 1. The van der Waals surface area contributed by atoms with Crippen molar-refractivity contribution in [2.45, 2.75) is 13.8 Å². The van der Waals surface area contributed by atoms with Gasteiger partial charge in [-0.3, -0.25) is 4.79 Å². The summed E-state index contributed by atoms with van der Waals surface area (Å²) in [5.74, 6) is 0.436. The molecular formula is C25H21N3O2. The minimum atomic E-state index is -0.166. The minimum Gasteiger partial charge on any atom is -0.424 e. The van der Waals surface area contributed by atoms with Crippen LogP contribution in [0.5, 0.6) is 11.8 Å². The topological polar surface area (TPSA) is 64.1 Å². The highest BCUT2D eigenvalue weighted by atomic mass is 16.5. The third-order valence-electron chi connectivity index (χ3n) is 4.54. The van der Waals surface area contributed by atoms with Crippen molar-refractivity contribution in [1.29, 1.82) is 0 Å². The molecule has 0 spiro atoms. The van der Waals surface area contributed by atoms with Gasteiger partial charge in [0.15, 0.2) is 0 Å². The van der Waals surface area contributed by atoms with Gasteiger partial charge in [-0.2, -0.15) is 0 Å². The number of hydrogen-bond donors (Lipinski definition) is 1. The molecule has 4 rings (SSSR count). The van der Waals surface area contributed by atoms with Gasteiger partial charge in [0, 0.05) is 22.6 Å². The van der Waals surface area contributed by atoms with Crippen molar-refractivity contribution in [2.24, 2.45) is 0 Å². The molecule has 1 amide bonds. The van der Waals surface area contributed by atoms with Crippen LogP contribution in [0.2, 0.25) is 0 Å². The minimum absolute atomic E-state index is 0.166. The van der Waals surface area contributed by atoms with Crippen LogP contribution in [0.4, 0.5) is 5.69 Å². The summed E-state index contributed by atoms with van der Waals surface area (Å²) >= 11 is 0. The Hall–Kier alpha value is -3.99. The molecule has 1 N–H and O–H groups in total. The van der Waals surface area contributed by atoms with Gasteiger partial charge >= 0.3 is 6.01 Å². The fourth-order valence-corrected chi connectivity index (χ4v) is 3.10. The maximum absolute atomic E-state index is 12.6. The van der Waals surface area contributed by atoms with Crippen molar-refractivity contribution in [2.75, 3.05) is 5.32 Å². The molecule has 4 aromatic rings. The molecule has 30 heavy (non-hydrogen) atoms. The molecule has 0 atom stereocenters. The fraction of sp³-hybridized carbons (Fsp3) is 0.0800. The number of amides is 1. The van der Waals surface area contributed by atoms with Crippen LogP contribution in [0, 0.1) is 13.8 Å². The van der Waals surface area contributed by atoms with Crippen molar-refractivity contribution in [3.63, 3.8) is 0 Å². The monoisotopic (exact) mass is 395 g/mol. The lowest BCUT2D eigenvalue weighted by Gasteiger charge is -2.09. The van der Waals surface area contributed by atoms with Gasteiger partial charge in [-0.05, 0) is 67.4 Å². The van der Waals surface area contributed by atoms with Crippen molar-refractivity contribution in [3.8, 4) is 22.9 Å². The molecule has 0 saturated carbocycles. The number of rotatable bonds is 5. The fourth-order valence-electron chi connectivity index (χ4n) is 3.10. The standard InChI is InChI=1S/C25H21N3O2/c1-17-16-18(2)27-25(26-17)30-23-14-12-22(13-15-23)28-24(29)21-10-8-20(9-11-21)19-6-4-3-5-7-19/h3-16H,1-2H3,(H,28,29). The zero-order valence-corrected chi connectivity index (χ0v) is 16.8. The van der Waals surface area contributed by atoms with E-state index in [1.165, 1.54) is 0 Å². The van der Waals surface area contributed by atoms with E-state index in [1.54, 1.807) is 24.3 Å². The van der Waals surface area contributed by atoms with Crippen LogP contribution in [0.25, 0.3) is 11.1 Å². The summed E-state index contributed by atoms with van der Waals surface area (Å²) in [7, 11) is 0. The molecule has 0 saturated heterocycles. The van der Waals surface area contributed by atoms with E-state index in [0.29, 0.717) is 23.0 Å². The third kappa shape index (κ3) is 4.70. The smallest absolute Gasteiger partial charge is 0.322 e. The lowest BCUT2D eigenvalue weighted by Crippen LogP contribution is -2.11. The number of aromatic nitrogens is 2. The first-order valence-electron chi connectivity index (χ1n) is 9.64. The molecule has 0 aliphatic heterocycles. The van der Waals surface area contributed by atoms with Crippen LogP contribution in [-0.2, 0) is 0 Å². The van der Waals surface area contributed by atoms with Gasteiger partial charge in [-0.25, -0.2) is 9.97 Å². The molecule has 0 aliphatic rings. The van der Waals surface area contributed by atoms with Crippen molar-refractivity contribution in [3.05, 3.63) is 102 Å².